The number of carbonyl (C=O) groups is 2. The molecule has 102 valence electrons. The highest BCUT2D eigenvalue weighted by Crippen LogP contribution is 2.15. The van der Waals surface area contributed by atoms with Crippen molar-refractivity contribution in [3.63, 3.8) is 0 Å². The van der Waals surface area contributed by atoms with Crippen LogP contribution in [-0.4, -0.2) is 34.5 Å². The van der Waals surface area contributed by atoms with Crippen LogP contribution >= 0.6 is 0 Å². The minimum Gasteiger partial charge on any atom is -0.516 e. The number of rotatable bonds is 6. The number of aliphatic hydroxyl groups is 1. The zero-order chi connectivity index (χ0) is 14.4. The molecule has 0 atom stereocenters. The smallest absolute Gasteiger partial charge is 0.249 e. The Morgan fingerprint density at radius 2 is 1.72 bits per heavy atom. The lowest BCUT2D eigenvalue weighted by Gasteiger charge is -2.20. The lowest BCUT2D eigenvalue weighted by Crippen LogP contribution is -2.42. The summed E-state index contributed by atoms with van der Waals surface area (Å²) >= 11 is 0. The van der Waals surface area contributed by atoms with Crippen molar-refractivity contribution in [1.82, 2.24) is 5.32 Å². The van der Waals surface area contributed by atoms with Gasteiger partial charge in [-0.2, -0.15) is 10.2 Å². The Balaban J connectivity index is 4.69. The molecule has 0 saturated carbocycles. The Kier molecular flexibility index (Phi) is 5.48. The van der Waals surface area contributed by atoms with E-state index >= 15 is 0 Å². The van der Waals surface area contributed by atoms with E-state index in [1.165, 1.54) is 19.9 Å². The normalized spacial score (nSPS) is 13.1. The minimum atomic E-state index is -1.15. The SMILES string of the molecule is CC(C)(N=NC(C)(C)C(=O)NCC=CO)C(N)=O. The average molecular weight is 256 g/mol. The van der Waals surface area contributed by atoms with E-state index in [4.69, 9.17) is 10.8 Å². The van der Waals surface area contributed by atoms with Crippen molar-refractivity contribution in [1.29, 1.82) is 0 Å². The molecule has 0 aromatic heterocycles. The van der Waals surface area contributed by atoms with Gasteiger partial charge in [-0.05, 0) is 33.8 Å². The van der Waals surface area contributed by atoms with E-state index in [1.54, 1.807) is 13.8 Å². The number of aliphatic hydroxyl groups excluding tert-OH is 1. The van der Waals surface area contributed by atoms with E-state index in [0.29, 0.717) is 0 Å². The van der Waals surface area contributed by atoms with E-state index in [0.717, 1.165) is 6.26 Å². The zero-order valence-electron chi connectivity index (χ0n) is 11.1. The molecule has 0 aliphatic carbocycles. The third kappa shape index (κ3) is 4.94. The molecule has 2 amide bonds. The van der Waals surface area contributed by atoms with Crippen LogP contribution in [-0.2, 0) is 9.59 Å². The summed E-state index contributed by atoms with van der Waals surface area (Å²) in [7, 11) is 0. The maximum Gasteiger partial charge on any atom is 0.249 e. The molecular formula is C11H20N4O3. The van der Waals surface area contributed by atoms with Crippen LogP contribution in [0.4, 0.5) is 0 Å². The fourth-order valence-electron chi connectivity index (χ4n) is 0.765. The van der Waals surface area contributed by atoms with Crippen LogP contribution in [0.1, 0.15) is 27.7 Å². The molecule has 0 unspecified atom stereocenters. The van der Waals surface area contributed by atoms with E-state index in [1.807, 2.05) is 0 Å². The molecule has 0 aromatic rings. The summed E-state index contributed by atoms with van der Waals surface area (Å²) in [5, 5.41) is 18.6. The quantitative estimate of drug-likeness (QED) is 0.478. The first-order valence-electron chi connectivity index (χ1n) is 5.45. The van der Waals surface area contributed by atoms with Crippen LogP contribution in [0.15, 0.2) is 22.6 Å². The minimum absolute atomic E-state index is 0.188. The van der Waals surface area contributed by atoms with E-state index in [-0.39, 0.29) is 12.5 Å². The van der Waals surface area contributed by atoms with Gasteiger partial charge in [-0.15, -0.1) is 0 Å². The second-order valence-electron chi connectivity index (χ2n) is 4.78. The van der Waals surface area contributed by atoms with Crippen molar-refractivity contribution in [2.45, 2.75) is 38.8 Å². The summed E-state index contributed by atoms with van der Waals surface area (Å²) in [5.41, 5.74) is 2.88. The Labute approximate surface area is 106 Å². The van der Waals surface area contributed by atoms with Crippen LogP contribution < -0.4 is 11.1 Å². The first-order valence-corrected chi connectivity index (χ1v) is 5.45. The zero-order valence-corrected chi connectivity index (χ0v) is 11.1. The molecule has 18 heavy (non-hydrogen) atoms. The van der Waals surface area contributed by atoms with Gasteiger partial charge in [-0.25, -0.2) is 0 Å². The van der Waals surface area contributed by atoms with Crippen molar-refractivity contribution in [2.75, 3.05) is 6.54 Å². The summed E-state index contributed by atoms with van der Waals surface area (Å²) in [6.45, 7) is 6.34. The van der Waals surface area contributed by atoms with E-state index in [9.17, 15) is 9.59 Å². The summed E-state index contributed by atoms with van der Waals surface area (Å²) in [6, 6.07) is 0. The molecule has 0 spiro atoms. The van der Waals surface area contributed by atoms with Crippen LogP contribution in [0, 0.1) is 0 Å². The van der Waals surface area contributed by atoms with Crippen molar-refractivity contribution in [3.05, 3.63) is 12.3 Å². The Morgan fingerprint density at radius 1 is 1.22 bits per heavy atom. The predicted molar refractivity (Wildman–Crippen MR) is 67.0 cm³/mol. The number of nitrogens with two attached hydrogens (primary N) is 1. The second kappa shape index (κ2) is 6.13. The van der Waals surface area contributed by atoms with Gasteiger partial charge in [-0.1, -0.05) is 0 Å². The average Bonchev–Trinajstić information content (AvgIpc) is 2.26. The third-order valence-corrected chi connectivity index (χ3v) is 2.19. The number of azo groups is 1. The molecule has 0 saturated heterocycles. The topological polar surface area (TPSA) is 117 Å². The molecule has 0 rings (SSSR count). The standard InChI is InChI=1S/C11H20N4O3/c1-10(2,8(12)17)14-15-11(3,4)9(18)13-6-5-7-16/h5,7,16H,6H2,1-4H3,(H2,12,17)(H,13,18). The Hall–Kier alpha value is -1.92. The molecule has 7 heteroatoms. The lowest BCUT2D eigenvalue weighted by atomic mass is 10.1. The van der Waals surface area contributed by atoms with Crippen molar-refractivity contribution in [3.8, 4) is 0 Å². The first-order chi connectivity index (χ1) is 8.13. The largest absolute Gasteiger partial charge is 0.516 e. The van der Waals surface area contributed by atoms with Crippen molar-refractivity contribution >= 4 is 11.8 Å². The van der Waals surface area contributed by atoms with Gasteiger partial charge < -0.3 is 16.2 Å². The van der Waals surface area contributed by atoms with Gasteiger partial charge in [-0.3, -0.25) is 9.59 Å². The highest BCUT2D eigenvalue weighted by Gasteiger charge is 2.30. The Bertz CT molecular complexity index is 372. The third-order valence-electron chi connectivity index (χ3n) is 2.19. The van der Waals surface area contributed by atoms with Gasteiger partial charge in [0.1, 0.15) is 0 Å². The van der Waals surface area contributed by atoms with Crippen LogP contribution in [0.3, 0.4) is 0 Å². The van der Waals surface area contributed by atoms with Crippen molar-refractivity contribution < 1.29 is 14.7 Å². The van der Waals surface area contributed by atoms with Gasteiger partial charge in [0.2, 0.25) is 11.8 Å². The highest BCUT2D eigenvalue weighted by atomic mass is 16.2. The lowest BCUT2D eigenvalue weighted by molar-refractivity contribution is -0.126. The number of nitrogens with zero attached hydrogens (tertiary/aromatic N) is 2. The maximum absolute atomic E-state index is 11.7. The molecule has 0 bridgehead atoms. The number of hydrogen-bond donors (Lipinski definition) is 3. The van der Waals surface area contributed by atoms with E-state index < -0.39 is 17.0 Å². The molecule has 0 radical (unpaired) electrons. The van der Waals surface area contributed by atoms with Gasteiger partial charge in [0, 0.05) is 6.54 Å². The van der Waals surface area contributed by atoms with Crippen LogP contribution in [0.5, 0.6) is 0 Å². The Morgan fingerprint density at radius 3 is 2.17 bits per heavy atom. The van der Waals surface area contributed by atoms with Gasteiger partial charge in [0.25, 0.3) is 0 Å². The number of amides is 2. The molecule has 0 aliphatic heterocycles. The van der Waals surface area contributed by atoms with Crippen LogP contribution in [0.25, 0.3) is 0 Å². The summed E-state index contributed by atoms with van der Waals surface area (Å²) in [6.07, 6.45) is 2.21. The summed E-state index contributed by atoms with van der Waals surface area (Å²) < 4.78 is 0. The molecule has 0 aliphatic rings. The number of nitrogens with one attached hydrogen (secondary N) is 1. The van der Waals surface area contributed by atoms with Gasteiger partial charge in [0.05, 0.1) is 6.26 Å². The molecule has 0 fully saturated rings. The summed E-state index contributed by atoms with van der Waals surface area (Å²) in [5.74, 6) is -0.990. The second-order valence-corrected chi connectivity index (χ2v) is 4.78. The molecule has 0 aromatic carbocycles. The fourth-order valence-corrected chi connectivity index (χ4v) is 0.765. The first kappa shape index (κ1) is 16.1. The summed E-state index contributed by atoms with van der Waals surface area (Å²) in [4.78, 5) is 22.8. The van der Waals surface area contributed by atoms with E-state index in [2.05, 4.69) is 15.5 Å². The van der Waals surface area contributed by atoms with Gasteiger partial charge >= 0.3 is 0 Å². The number of carbonyl (C=O) groups excluding carboxylic acids is 2. The maximum atomic E-state index is 11.7. The molecule has 0 heterocycles. The highest BCUT2D eigenvalue weighted by molar-refractivity contribution is 5.86. The molecular weight excluding hydrogens is 236 g/mol. The monoisotopic (exact) mass is 256 g/mol. The van der Waals surface area contributed by atoms with Gasteiger partial charge in [0.15, 0.2) is 11.1 Å². The number of hydrogen-bond acceptors (Lipinski definition) is 5. The predicted octanol–water partition coefficient (Wildman–Crippen LogP) is 0.669. The van der Waals surface area contributed by atoms with Crippen molar-refractivity contribution in [2.24, 2.45) is 16.0 Å². The molecule has 7 nitrogen and oxygen atoms in total. The molecule has 4 N–H and O–H groups in total. The fraction of sp³-hybridized carbons (Fsp3) is 0.636. The van der Waals surface area contributed by atoms with Crippen LogP contribution in [0.2, 0.25) is 0 Å². The number of primary amides is 1.